The van der Waals surface area contributed by atoms with Crippen LogP contribution in [0.15, 0.2) is 24.3 Å². The number of halogens is 1. The first-order chi connectivity index (χ1) is 9.61. The number of benzene rings is 1. The number of ether oxygens (including phenoxy) is 1. The number of hydrogen-bond acceptors (Lipinski definition) is 5. The fourth-order valence-electron chi connectivity index (χ4n) is 1.76. The molecule has 1 fully saturated rings. The number of rotatable bonds is 3. The molecule has 1 aromatic carbocycles. The maximum Gasteiger partial charge on any atom is 0.329 e. The maximum absolute atomic E-state index is 12.2. The molecule has 4 nitrogen and oxygen atoms in total. The molecule has 0 radical (unpaired) electrons. The lowest BCUT2D eigenvalue weighted by Gasteiger charge is -2.20. The monoisotopic (exact) mass is 331 g/mol. The van der Waals surface area contributed by atoms with Crippen molar-refractivity contribution in [3.05, 3.63) is 34.9 Å². The van der Waals surface area contributed by atoms with E-state index in [-0.39, 0.29) is 11.2 Å². The van der Waals surface area contributed by atoms with Crippen LogP contribution in [0, 0.1) is 0 Å². The number of hydrogen-bond donors (Lipinski definition) is 0. The molecule has 1 aliphatic rings. The molecule has 0 saturated carbocycles. The van der Waals surface area contributed by atoms with E-state index in [2.05, 4.69) is 0 Å². The van der Waals surface area contributed by atoms with Crippen molar-refractivity contribution < 1.29 is 14.3 Å². The number of esters is 1. The highest BCUT2D eigenvalue weighted by atomic mass is 35.5. The molecule has 1 amide bonds. The van der Waals surface area contributed by atoms with Crippen LogP contribution >= 0.6 is 35.1 Å². The number of nitrogens with zero attached hydrogens (tertiary/aromatic N) is 1. The van der Waals surface area contributed by atoms with Gasteiger partial charge in [0, 0.05) is 16.5 Å². The van der Waals surface area contributed by atoms with Crippen LogP contribution < -0.4 is 0 Å². The molecule has 1 aromatic rings. The van der Waals surface area contributed by atoms with Crippen LogP contribution in [0.3, 0.4) is 0 Å². The summed E-state index contributed by atoms with van der Waals surface area (Å²) in [6.07, 6.45) is 0. The lowest BCUT2D eigenvalue weighted by atomic mass is 10.2. The van der Waals surface area contributed by atoms with E-state index in [9.17, 15) is 9.59 Å². The van der Waals surface area contributed by atoms with Crippen LogP contribution in [0.5, 0.6) is 0 Å². The van der Waals surface area contributed by atoms with E-state index in [1.165, 1.54) is 18.9 Å². The van der Waals surface area contributed by atoms with Gasteiger partial charge in [-0.05, 0) is 17.7 Å². The Morgan fingerprint density at radius 3 is 2.80 bits per heavy atom. The second kappa shape index (κ2) is 7.24. The van der Waals surface area contributed by atoms with Crippen molar-refractivity contribution in [2.24, 2.45) is 0 Å². The third kappa shape index (κ3) is 3.84. The van der Waals surface area contributed by atoms with Crippen molar-refractivity contribution in [2.75, 3.05) is 18.7 Å². The summed E-state index contributed by atoms with van der Waals surface area (Å²) in [6, 6.07) is 6.91. The summed E-state index contributed by atoms with van der Waals surface area (Å²) >= 11 is 8.56. The van der Waals surface area contributed by atoms with Crippen LogP contribution in [0.4, 0.5) is 4.79 Å². The number of carbonyl (C=O) groups excluding carboxylic acids is 2. The topological polar surface area (TPSA) is 46.6 Å². The van der Waals surface area contributed by atoms with Gasteiger partial charge in [-0.3, -0.25) is 4.79 Å². The van der Waals surface area contributed by atoms with Crippen molar-refractivity contribution >= 4 is 46.3 Å². The van der Waals surface area contributed by atoms with Crippen LogP contribution in [0.2, 0.25) is 5.02 Å². The summed E-state index contributed by atoms with van der Waals surface area (Å²) in [5.74, 6) is 1.34. The van der Waals surface area contributed by atoms with Crippen LogP contribution in [-0.2, 0) is 15.3 Å². The lowest BCUT2D eigenvalue weighted by Crippen LogP contribution is -2.40. The van der Waals surface area contributed by atoms with Gasteiger partial charge in [-0.15, -0.1) is 11.8 Å². The maximum atomic E-state index is 12.2. The highest BCUT2D eigenvalue weighted by Crippen LogP contribution is 2.27. The smallest absolute Gasteiger partial charge is 0.329 e. The summed E-state index contributed by atoms with van der Waals surface area (Å²) in [6.45, 7) is 0. The van der Waals surface area contributed by atoms with Gasteiger partial charge in [0.1, 0.15) is 6.04 Å². The predicted octanol–water partition coefficient (Wildman–Crippen LogP) is 3.24. The first-order valence-corrected chi connectivity index (χ1v) is 8.47. The van der Waals surface area contributed by atoms with E-state index in [1.54, 1.807) is 28.8 Å². The largest absolute Gasteiger partial charge is 0.467 e. The molecule has 1 heterocycles. The van der Waals surface area contributed by atoms with Gasteiger partial charge in [0.15, 0.2) is 0 Å². The second-order valence-electron chi connectivity index (χ2n) is 4.19. The van der Waals surface area contributed by atoms with Gasteiger partial charge in [0.25, 0.3) is 5.24 Å². The molecule has 1 atom stereocenters. The van der Waals surface area contributed by atoms with E-state index in [0.29, 0.717) is 22.4 Å². The SMILES string of the molecule is COC(=O)[C@@H]1CSCN1C(=O)SCc1ccc(Cl)cc1. The van der Waals surface area contributed by atoms with Gasteiger partial charge in [-0.1, -0.05) is 35.5 Å². The Balaban J connectivity index is 1.91. The second-order valence-corrected chi connectivity index (χ2v) is 6.55. The average Bonchev–Trinajstić information content (AvgIpc) is 2.95. The van der Waals surface area contributed by atoms with Crippen molar-refractivity contribution in [3.8, 4) is 0 Å². The molecule has 0 spiro atoms. The summed E-state index contributed by atoms with van der Waals surface area (Å²) < 4.78 is 4.72. The van der Waals surface area contributed by atoms with Gasteiger partial charge < -0.3 is 9.64 Å². The third-order valence-electron chi connectivity index (χ3n) is 2.87. The Bertz CT molecular complexity index is 495. The van der Waals surface area contributed by atoms with Gasteiger partial charge in [0.05, 0.1) is 13.0 Å². The van der Waals surface area contributed by atoms with E-state index in [1.807, 2.05) is 12.1 Å². The number of amides is 1. The van der Waals surface area contributed by atoms with Gasteiger partial charge in [-0.2, -0.15) is 0 Å². The van der Waals surface area contributed by atoms with Crippen molar-refractivity contribution in [1.82, 2.24) is 4.90 Å². The summed E-state index contributed by atoms with van der Waals surface area (Å²) in [4.78, 5) is 25.3. The molecule has 0 N–H and O–H groups in total. The minimum Gasteiger partial charge on any atom is -0.467 e. The molecule has 2 rings (SSSR count). The molecule has 1 saturated heterocycles. The Morgan fingerprint density at radius 2 is 2.15 bits per heavy atom. The van der Waals surface area contributed by atoms with Crippen molar-refractivity contribution in [2.45, 2.75) is 11.8 Å². The van der Waals surface area contributed by atoms with E-state index in [0.717, 1.165) is 5.56 Å². The fourth-order valence-corrected chi connectivity index (χ4v) is 3.95. The first-order valence-electron chi connectivity index (χ1n) is 5.95. The summed E-state index contributed by atoms with van der Waals surface area (Å²) in [5.41, 5.74) is 1.02. The zero-order valence-corrected chi connectivity index (χ0v) is 13.3. The van der Waals surface area contributed by atoms with Crippen molar-refractivity contribution in [3.63, 3.8) is 0 Å². The molecule has 0 aliphatic carbocycles. The molecular weight excluding hydrogens is 318 g/mol. The van der Waals surface area contributed by atoms with Crippen LogP contribution in [-0.4, -0.2) is 40.9 Å². The lowest BCUT2D eigenvalue weighted by molar-refractivity contribution is -0.144. The Morgan fingerprint density at radius 1 is 1.45 bits per heavy atom. The van der Waals surface area contributed by atoms with E-state index < -0.39 is 6.04 Å². The Kier molecular flexibility index (Phi) is 5.63. The van der Waals surface area contributed by atoms with Gasteiger partial charge in [0.2, 0.25) is 0 Å². The zero-order chi connectivity index (χ0) is 14.5. The normalized spacial score (nSPS) is 18.1. The first kappa shape index (κ1) is 15.5. The van der Waals surface area contributed by atoms with Crippen LogP contribution in [0.25, 0.3) is 0 Å². The third-order valence-corrected chi connectivity index (χ3v) is 5.09. The molecule has 0 unspecified atom stereocenters. The molecule has 108 valence electrons. The van der Waals surface area contributed by atoms with E-state index in [4.69, 9.17) is 16.3 Å². The zero-order valence-electron chi connectivity index (χ0n) is 10.9. The molecule has 0 bridgehead atoms. The van der Waals surface area contributed by atoms with Gasteiger partial charge >= 0.3 is 5.97 Å². The molecule has 0 aromatic heterocycles. The summed E-state index contributed by atoms with van der Waals surface area (Å²) in [5, 5.41) is 0.576. The number of carbonyl (C=O) groups is 2. The highest BCUT2D eigenvalue weighted by Gasteiger charge is 2.35. The van der Waals surface area contributed by atoms with Crippen LogP contribution in [0.1, 0.15) is 5.56 Å². The molecule has 20 heavy (non-hydrogen) atoms. The van der Waals surface area contributed by atoms with E-state index >= 15 is 0 Å². The predicted molar refractivity (Wildman–Crippen MR) is 83.1 cm³/mol. The Hall–Kier alpha value is -0.850. The highest BCUT2D eigenvalue weighted by molar-refractivity contribution is 8.13. The molecule has 7 heteroatoms. The summed E-state index contributed by atoms with van der Waals surface area (Å²) in [7, 11) is 1.34. The van der Waals surface area contributed by atoms with Crippen molar-refractivity contribution in [1.29, 1.82) is 0 Å². The van der Waals surface area contributed by atoms with Gasteiger partial charge in [-0.25, -0.2) is 4.79 Å². The molecule has 1 aliphatic heterocycles. The Labute approximate surface area is 131 Å². The minimum absolute atomic E-state index is 0.0969. The quantitative estimate of drug-likeness (QED) is 0.796. The minimum atomic E-state index is -0.463. The fraction of sp³-hybridized carbons (Fsp3) is 0.385. The average molecular weight is 332 g/mol. The molecular formula is C13H14ClNO3S2. The number of methoxy groups -OCH3 is 1. The number of thioether (sulfide) groups is 2. The standard InChI is InChI=1S/C13H14ClNO3S2/c1-18-12(16)11-7-19-8-15(11)13(17)20-6-9-2-4-10(14)5-3-9/h2-5,11H,6-8H2,1H3/t11-/m0/s1.